The van der Waals surface area contributed by atoms with Gasteiger partial charge in [0.1, 0.15) is 5.01 Å². The van der Waals surface area contributed by atoms with E-state index >= 15 is 0 Å². The third-order valence-corrected chi connectivity index (χ3v) is 5.13. The van der Waals surface area contributed by atoms with Gasteiger partial charge in [-0.3, -0.25) is 14.9 Å². The summed E-state index contributed by atoms with van der Waals surface area (Å²) in [6.07, 6.45) is 0.464. The van der Waals surface area contributed by atoms with Crippen LogP contribution in [0, 0.1) is 12.3 Å². The third kappa shape index (κ3) is 6.76. The van der Waals surface area contributed by atoms with Crippen LogP contribution in [0.15, 0.2) is 29.2 Å². The van der Waals surface area contributed by atoms with Crippen LogP contribution in [0.3, 0.4) is 0 Å². The van der Waals surface area contributed by atoms with E-state index in [0.717, 1.165) is 15.6 Å². The molecule has 1 unspecified atom stereocenters. The van der Waals surface area contributed by atoms with Crippen LogP contribution in [-0.4, -0.2) is 27.3 Å². The number of thioether (sulfide) groups is 1. The van der Waals surface area contributed by atoms with Crippen LogP contribution >= 0.6 is 23.1 Å². The fraction of sp³-hybridized carbons (Fsp3) is 0.444. The van der Waals surface area contributed by atoms with Crippen molar-refractivity contribution in [2.45, 2.75) is 51.2 Å². The molecule has 0 saturated heterocycles. The van der Waals surface area contributed by atoms with E-state index in [1.807, 2.05) is 58.9 Å². The molecule has 8 heteroatoms. The molecule has 1 aromatic carbocycles. The van der Waals surface area contributed by atoms with Gasteiger partial charge in [-0.15, -0.1) is 22.0 Å². The Labute approximate surface area is 162 Å². The molecule has 2 rings (SSSR count). The van der Waals surface area contributed by atoms with Gasteiger partial charge in [-0.1, -0.05) is 32.1 Å². The smallest absolute Gasteiger partial charge is 0.239 e. The van der Waals surface area contributed by atoms with E-state index in [-0.39, 0.29) is 22.5 Å². The lowest BCUT2D eigenvalue weighted by atomic mass is 9.92. The molecule has 0 spiro atoms. The Bertz CT molecular complexity index is 766. The lowest BCUT2D eigenvalue weighted by Crippen LogP contribution is -2.22. The molecule has 0 bridgehead atoms. The summed E-state index contributed by atoms with van der Waals surface area (Å²) < 4.78 is 0. The molecule has 0 aliphatic heterocycles. The lowest BCUT2D eigenvalue weighted by molar-refractivity contribution is -0.118. The van der Waals surface area contributed by atoms with Crippen LogP contribution in [0.1, 0.15) is 39.1 Å². The van der Waals surface area contributed by atoms with E-state index in [2.05, 4.69) is 20.8 Å². The molecule has 0 fully saturated rings. The molecule has 140 valence electrons. The van der Waals surface area contributed by atoms with E-state index in [1.54, 1.807) is 0 Å². The van der Waals surface area contributed by atoms with Crippen LogP contribution < -0.4 is 10.6 Å². The van der Waals surface area contributed by atoms with E-state index in [9.17, 15) is 9.59 Å². The normalized spacial score (nSPS) is 12.5. The minimum atomic E-state index is -0.277. The Hall–Kier alpha value is -1.93. The second-order valence-electron chi connectivity index (χ2n) is 7.19. The third-order valence-electron chi connectivity index (χ3n) is 3.27. The number of amides is 2. The zero-order valence-corrected chi connectivity index (χ0v) is 17.3. The number of carbonyl (C=O) groups is 2. The van der Waals surface area contributed by atoms with Crippen LogP contribution in [0.25, 0.3) is 0 Å². The maximum absolute atomic E-state index is 12.2. The van der Waals surface area contributed by atoms with Gasteiger partial charge in [-0.2, -0.15) is 0 Å². The van der Waals surface area contributed by atoms with Gasteiger partial charge in [-0.25, -0.2) is 0 Å². The van der Waals surface area contributed by atoms with E-state index in [0.29, 0.717) is 11.6 Å². The van der Waals surface area contributed by atoms with Crippen molar-refractivity contribution in [1.82, 2.24) is 10.2 Å². The van der Waals surface area contributed by atoms with Gasteiger partial charge in [-0.05, 0) is 43.5 Å². The molecular formula is C18H24N4O2S2. The highest BCUT2D eigenvalue weighted by Crippen LogP contribution is 2.26. The summed E-state index contributed by atoms with van der Waals surface area (Å²) in [5.74, 6) is -0.119. The molecule has 6 nitrogen and oxygen atoms in total. The number of anilines is 2. The second kappa shape index (κ2) is 8.64. The number of aryl methyl sites for hydroxylation is 1. The minimum Gasteiger partial charge on any atom is -0.326 e. The lowest BCUT2D eigenvalue weighted by Gasteiger charge is -2.17. The number of nitrogens with zero attached hydrogens (tertiary/aromatic N) is 2. The number of benzene rings is 1. The first-order valence-electron chi connectivity index (χ1n) is 8.30. The van der Waals surface area contributed by atoms with Crippen molar-refractivity contribution in [2.75, 3.05) is 10.6 Å². The van der Waals surface area contributed by atoms with Crippen LogP contribution in [0.5, 0.6) is 0 Å². The molecule has 1 aromatic heterocycles. The van der Waals surface area contributed by atoms with E-state index in [1.165, 1.54) is 23.1 Å². The second-order valence-corrected chi connectivity index (χ2v) is 9.78. The van der Waals surface area contributed by atoms with Crippen molar-refractivity contribution in [3.05, 3.63) is 29.3 Å². The zero-order valence-electron chi connectivity index (χ0n) is 15.6. The summed E-state index contributed by atoms with van der Waals surface area (Å²) in [6.45, 7) is 9.77. The van der Waals surface area contributed by atoms with E-state index < -0.39 is 0 Å². The quantitative estimate of drug-likeness (QED) is 0.715. The van der Waals surface area contributed by atoms with Crippen molar-refractivity contribution < 1.29 is 9.59 Å². The van der Waals surface area contributed by atoms with Gasteiger partial charge in [0.25, 0.3) is 0 Å². The number of nitrogens with one attached hydrogen (secondary N) is 2. The summed E-state index contributed by atoms with van der Waals surface area (Å²) in [7, 11) is 0. The minimum absolute atomic E-state index is 0.00185. The highest BCUT2D eigenvalue weighted by atomic mass is 32.2. The average Bonchev–Trinajstić information content (AvgIpc) is 2.92. The first kappa shape index (κ1) is 20.4. The van der Waals surface area contributed by atoms with Gasteiger partial charge in [0.2, 0.25) is 16.9 Å². The highest BCUT2D eigenvalue weighted by molar-refractivity contribution is 8.00. The highest BCUT2D eigenvalue weighted by Gasteiger charge is 2.17. The van der Waals surface area contributed by atoms with Crippen LogP contribution in [0.4, 0.5) is 10.8 Å². The average molecular weight is 393 g/mol. The first-order valence-corrected chi connectivity index (χ1v) is 9.99. The molecule has 2 aromatic rings. The summed E-state index contributed by atoms with van der Waals surface area (Å²) >= 11 is 2.79. The molecule has 2 N–H and O–H groups in total. The summed E-state index contributed by atoms with van der Waals surface area (Å²) in [5.41, 5.74) is 0.707. The molecule has 0 radical (unpaired) electrons. The number of hydrogen-bond donors (Lipinski definition) is 2. The van der Waals surface area contributed by atoms with Gasteiger partial charge in [0.05, 0.1) is 5.25 Å². The molecule has 0 saturated carbocycles. The van der Waals surface area contributed by atoms with Gasteiger partial charge < -0.3 is 5.32 Å². The fourth-order valence-electron chi connectivity index (χ4n) is 2.12. The summed E-state index contributed by atoms with van der Waals surface area (Å²) in [4.78, 5) is 25.2. The molecule has 26 heavy (non-hydrogen) atoms. The Morgan fingerprint density at radius 1 is 1.15 bits per heavy atom. The standard InChI is InChI=1S/C18H24N4O2S2/c1-11(16(24)20-17-22-21-12(2)26-17)25-14-8-6-13(7-9-14)19-15(23)10-18(3,4)5/h6-9,11H,10H2,1-5H3,(H,19,23)(H,20,22,24). The van der Waals surface area contributed by atoms with Crippen molar-refractivity contribution in [1.29, 1.82) is 0 Å². The van der Waals surface area contributed by atoms with Crippen molar-refractivity contribution in [3.63, 3.8) is 0 Å². The van der Waals surface area contributed by atoms with Crippen molar-refractivity contribution in [2.24, 2.45) is 5.41 Å². The molecule has 0 aliphatic carbocycles. The van der Waals surface area contributed by atoms with Gasteiger partial charge in [0, 0.05) is 17.0 Å². The Morgan fingerprint density at radius 3 is 2.35 bits per heavy atom. The van der Waals surface area contributed by atoms with Gasteiger partial charge >= 0.3 is 0 Å². The maximum atomic E-state index is 12.2. The SMILES string of the molecule is Cc1nnc(NC(=O)C(C)Sc2ccc(NC(=O)CC(C)(C)C)cc2)s1. The predicted octanol–water partition coefficient (Wildman–Crippen LogP) is 4.34. The zero-order chi connectivity index (χ0) is 19.3. The van der Waals surface area contributed by atoms with Gasteiger partial charge in [0.15, 0.2) is 0 Å². The predicted molar refractivity (Wildman–Crippen MR) is 108 cm³/mol. The van der Waals surface area contributed by atoms with E-state index in [4.69, 9.17) is 0 Å². The van der Waals surface area contributed by atoms with Crippen molar-refractivity contribution in [3.8, 4) is 0 Å². The monoisotopic (exact) mass is 392 g/mol. The van der Waals surface area contributed by atoms with Crippen LogP contribution in [-0.2, 0) is 9.59 Å². The Morgan fingerprint density at radius 2 is 1.81 bits per heavy atom. The summed E-state index contributed by atoms with van der Waals surface area (Å²) in [6, 6.07) is 7.50. The van der Waals surface area contributed by atoms with Crippen LogP contribution in [0.2, 0.25) is 0 Å². The molecular weight excluding hydrogens is 368 g/mol. The number of aromatic nitrogens is 2. The first-order chi connectivity index (χ1) is 12.1. The number of hydrogen-bond acceptors (Lipinski definition) is 6. The molecule has 1 atom stereocenters. The Kier molecular flexibility index (Phi) is 6.77. The molecule has 1 heterocycles. The molecule has 2 amide bonds. The number of carbonyl (C=O) groups excluding carboxylic acids is 2. The fourth-order valence-corrected chi connectivity index (χ4v) is 3.58. The number of rotatable bonds is 6. The largest absolute Gasteiger partial charge is 0.326 e. The topological polar surface area (TPSA) is 84.0 Å². The summed E-state index contributed by atoms with van der Waals surface area (Å²) in [5, 5.41) is 14.5. The Balaban J connectivity index is 1.87. The molecule has 0 aliphatic rings. The van der Waals surface area contributed by atoms with Crippen molar-refractivity contribution >= 4 is 45.7 Å². The maximum Gasteiger partial charge on any atom is 0.239 e.